The summed E-state index contributed by atoms with van der Waals surface area (Å²) in [4.78, 5) is 0. The lowest BCUT2D eigenvalue weighted by Crippen LogP contribution is -2.77. The molecule has 2 rings (SSSR count). The zero-order valence-corrected chi connectivity index (χ0v) is 34.0. The van der Waals surface area contributed by atoms with Gasteiger partial charge in [-0.2, -0.15) is 0 Å². The molecule has 0 aromatic heterocycles. The second-order valence-corrected chi connectivity index (χ2v) is 32.4. The molecule has 0 bridgehead atoms. The van der Waals surface area contributed by atoms with E-state index in [0.29, 0.717) is 0 Å². The number of rotatable bonds is 16. The maximum Gasteiger partial charge on any atom is 0.264 e. The Balaban J connectivity index is 2.97. The highest BCUT2D eigenvalue weighted by molar-refractivity contribution is 7.00. The first kappa shape index (κ1) is 37.9. The van der Waals surface area contributed by atoms with Crippen LogP contribution in [0.2, 0.25) is 44.3 Å². The molecule has 0 saturated carbocycles. The van der Waals surface area contributed by atoms with Crippen molar-refractivity contribution in [3.63, 3.8) is 0 Å². The highest BCUT2D eigenvalue weighted by atomic mass is 28.4. The molecular weight excluding hydrogens is 593 g/mol. The molecule has 2 unspecified atom stereocenters. The van der Waals surface area contributed by atoms with Gasteiger partial charge >= 0.3 is 0 Å². The summed E-state index contributed by atoms with van der Waals surface area (Å²) in [5, 5.41) is 1.39. The van der Waals surface area contributed by atoms with Crippen molar-refractivity contribution in [3.8, 4) is 0 Å². The zero-order valence-electron chi connectivity index (χ0n) is 30.0. The molecule has 7 heteroatoms. The van der Waals surface area contributed by atoms with Gasteiger partial charge in [-0.1, -0.05) is 113 Å². The topological polar surface area (TPSA) is 27.7 Å². The molecule has 0 saturated heterocycles. The van der Waals surface area contributed by atoms with E-state index in [4.69, 9.17) is 13.3 Å². The van der Waals surface area contributed by atoms with E-state index in [9.17, 15) is 0 Å². The van der Waals surface area contributed by atoms with Crippen LogP contribution in [-0.4, -0.2) is 49.1 Å². The lowest BCUT2D eigenvalue weighted by Gasteiger charge is -2.60. The van der Waals surface area contributed by atoms with Crippen molar-refractivity contribution >= 4 is 43.4 Å². The van der Waals surface area contributed by atoms with Gasteiger partial charge in [-0.15, -0.1) is 13.2 Å². The van der Waals surface area contributed by atoms with Gasteiger partial charge in [-0.25, -0.2) is 0 Å². The van der Waals surface area contributed by atoms with Crippen LogP contribution in [0, 0.1) is 0 Å². The van der Waals surface area contributed by atoms with Crippen molar-refractivity contribution in [3.05, 3.63) is 85.2 Å². The lowest BCUT2D eigenvalue weighted by molar-refractivity contribution is -0.00188. The molecule has 0 spiro atoms. The molecule has 43 heavy (non-hydrogen) atoms. The molecule has 0 radical (unpaired) electrons. The fourth-order valence-corrected chi connectivity index (χ4v) is 19.4. The highest BCUT2D eigenvalue weighted by Gasteiger charge is 2.65. The average Bonchev–Trinajstić information content (AvgIpc) is 2.95. The standard InChI is InChI=1S/C36H62O3Si4/c1-17-35(9,38-42(15,16)36(10,18-2)39-41(13,14)20-4)33(5,6)43(31-27-23-21-24-28-31,32-29-25-22-26-30-32)37-34(7,8)40(11,12)19-3/h19-30H,3-4,17-18H2,1-2,5-16H3. The Kier molecular flexibility index (Phi) is 11.6. The summed E-state index contributed by atoms with van der Waals surface area (Å²) in [6.07, 6.45) is 1.73. The monoisotopic (exact) mass is 654 g/mol. The van der Waals surface area contributed by atoms with E-state index < -0.39 is 43.7 Å². The maximum absolute atomic E-state index is 7.92. The summed E-state index contributed by atoms with van der Waals surface area (Å²) in [6.45, 7) is 40.8. The van der Waals surface area contributed by atoms with Crippen LogP contribution in [0.15, 0.2) is 85.2 Å². The molecule has 0 N–H and O–H groups in total. The molecule has 0 aliphatic heterocycles. The minimum absolute atomic E-state index is 0.370. The summed E-state index contributed by atoms with van der Waals surface area (Å²) in [7, 11) is -9.69. The van der Waals surface area contributed by atoms with Gasteiger partial charge in [0.05, 0.1) is 10.8 Å². The van der Waals surface area contributed by atoms with Crippen LogP contribution >= 0.6 is 0 Å². The highest BCUT2D eigenvalue weighted by Crippen LogP contribution is 2.54. The molecule has 2 atom stereocenters. The van der Waals surface area contributed by atoms with E-state index in [1.807, 2.05) is 5.70 Å². The Bertz CT molecular complexity index is 1180. The first-order chi connectivity index (χ1) is 19.6. The third-order valence-electron chi connectivity index (χ3n) is 11.1. The zero-order chi connectivity index (χ0) is 33.2. The largest absolute Gasteiger partial charge is 0.409 e. The van der Waals surface area contributed by atoms with Crippen LogP contribution in [0.25, 0.3) is 0 Å². The van der Waals surface area contributed by atoms with Gasteiger partial charge in [0, 0.05) is 10.3 Å². The Morgan fingerprint density at radius 2 is 1.07 bits per heavy atom. The molecule has 240 valence electrons. The van der Waals surface area contributed by atoms with Crippen LogP contribution in [0.1, 0.15) is 68.2 Å². The predicted molar refractivity (Wildman–Crippen MR) is 200 cm³/mol. The second kappa shape index (κ2) is 13.2. The number of hydrogen-bond donors (Lipinski definition) is 0. The maximum atomic E-state index is 7.92. The van der Waals surface area contributed by atoms with Crippen molar-refractivity contribution in [2.75, 3.05) is 0 Å². The van der Waals surface area contributed by atoms with Crippen molar-refractivity contribution in [2.24, 2.45) is 0 Å². The van der Waals surface area contributed by atoms with Gasteiger partial charge in [-0.3, -0.25) is 0 Å². The lowest BCUT2D eigenvalue weighted by atomic mass is 9.89. The Labute approximate surface area is 269 Å². The Hall–Kier alpha value is -1.33. The van der Waals surface area contributed by atoms with Gasteiger partial charge in [0.25, 0.3) is 8.32 Å². The van der Waals surface area contributed by atoms with Crippen LogP contribution < -0.4 is 10.4 Å². The summed E-state index contributed by atoms with van der Waals surface area (Å²) >= 11 is 0. The quantitative estimate of drug-likeness (QED) is 0.169. The Morgan fingerprint density at radius 3 is 1.42 bits per heavy atom. The Morgan fingerprint density at radius 1 is 0.628 bits per heavy atom. The van der Waals surface area contributed by atoms with Crippen LogP contribution in [0.3, 0.4) is 0 Å². The number of hydrogen-bond acceptors (Lipinski definition) is 3. The normalized spacial score (nSPS) is 16.7. The molecule has 0 fully saturated rings. The van der Waals surface area contributed by atoms with E-state index in [2.05, 4.69) is 174 Å². The molecule has 0 heterocycles. The molecular formula is C36H62O3Si4. The first-order valence-corrected chi connectivity index (χ1v) is 26.9. The summed E-state index contributed by atoms with van der Waals surface area (Å²) in [5.74, 6) is 0. The van der Waals surface area contributed by atoms with Crippen molar-refractivity contribution in [1.29, 1.82) is 0 Å². The van der Waals surface area contributed by atoms with Crippen LogP contribution in [-0.2, 0) is 13.3 Å². The molecule has 2 aromatic carbocycles. The summed E-state index contributed by atoms with van der Waals surface area (Å²) < 4.78 is 22.6. The van der Waals surface area contributed by atoms with Crippen molar-refractivity contribution in [2.45, 2.75) is 129 Å². The van der Waals surface area contributed by atoms with Gasteiger partial charge < -0.3 is 13.3 Å². The van der Waals surface area contributed by atoms with Crippen molar-refractivity contribution in [1.82, 2.24) is 0 Å². The molecule has 2 aromatic rings. The van der Waals surface area contributed by atoms with E-state index in [0.717, 1.165) is 12.8 Å². The second-order valence-electron chi connectivity index (χ2n) is 15.3. The SMILES string of the molecule is C=C[Si](C)(C)OC(C)(CC)[Si](C)(C)OC(C)(CC)C(C)(C)[Si](OC(C)(C)[Si](C)(C)C=C)(c1ccccc1)c1ccccc1. The summed E-state index contributed by atoms with van der Waals surface area (Å²) in [5.41, 5.74) is 3.70. The summed E-state index contributed by atoms with van der Waals surface area (Å²) in [6, 6.07) is 22.0. The van der Waals surface area contributed by atoms with Gasteiger partial charge in [0.1, 0.15) is 8.07 Å². The molecule has 0 amide bonds. The van der Waals surface area contributed by atoms with Gasteiger partial charge in [-0.05, 0) is 77.1 Å². The van der Waals surface area contributed by atoms with Crippen LogP contribution in [0.5, 0.6) is 0 Å². The number of benzene rings is 2. The molecule has 0 aliphatic rings. The average molecular weight is 655 g/mol. The van der Waals surface area contributed by atoms with Gasteiger partial charge in [0.2, 0.25) is 16.6 Å². The molecule has 3 nitrogen and oxygen atoms in total. The minimum atomic E-state index is -3.08. The van der Waals surface area contributed by atoms with E-state index in [1.54, 1.807) is 0 Å². The molecule has 0 aliphatic carbocycles. The third-order valence-corrected chi connectivity index (χ3v) is 27.1. The van der Waals surface area contributed by atoms with E-state index in [-0.39, 0.29) is 10.4 Å². The minimum Gasteiger partial charge on any atom is -0.409 e. The van der Waals surface area contributed by atoms with Gasteiger partial charge in [0.15, 0.2) is 0 Å². The smallest absolute Gasteiger partial charge is 0.264 e. The fraction of sp³-hybridized carbons (Fsp3) is 0.556. The fourth-order valence-electron chi connectivity index (χ4n) is 6.17. The third kappa shape index (κ3) is 7.08. The van der Waals surface area contributed by atoms with Crippen molar-refractivity contribution < 1.29 is 13.3 Å². The van der Waals surface area contributed by atoms with E-state index in [1.165, 1.54) is 10.4 Å². The predicted octanol–water partition coefficient (Wildman–Crippen LogP) is 9.34. The van der Waals surface area contributed by atoms with Crippen LogP contribution in [0.4, 0.5) is 0 Å². The van der Waals surface area contributed by atoms with E-state index >= 15 is 0 Å². The first-order valence-electron chi connectivity index (χ1n) is 16.1.